The summed E-state index contributed by atoms with van der Waals surface area (Å²) in [6.45, 7) is 5.11. The van der Waals surface area contributed by atoms with E-state index < -0.39 is 10.0 Å². The number of benzene rings is 1. The van der Waals surface area contributed by atoms with E-state index >= 15 is 0 Å². The number of sulfonamides is 1. The van der Waals surface area contributed by atoms with E-state index in [4.69, 9.17) is 0 Å². The fourth-order valence-electron chi connectivity index (χ4n) is 2.96. The number of rotatable bonds is 7. The van der Waals surface area contributed by atoms with Crippen LogP contribution in [0, 0.1) is 5.92 Å². The third kappa shape index (κ3) is 5.59. The van der Waals surface area contributed by atoms with E-state index in [0.29, 0.717) is 24.6 Å². The van der Waals surface area contributed by atoms with Crippen molar-refractivity contribution in [3.63, 3.8) is 0 Å². The van der Waals surface area contributed by atoms with Crippen molar-refractivity contribution in [2.75, 3.05) is 25.4 Å². The van der Waals surface area contributed by atoms with Crippen molar-refractivity contribution in [2.45, 2.75) is 32.7 Å². The van der Waals surface area contributed by atoms with E-state index in [1.165, 1.54) is 0 Å². The Balaban J connectivity index is 1.84. The van der Waals surface area contributed by atoms with Gasteiger partial charge in [-0.3, -0.25) is 4.90 Å². The number of piperidine rings is 1. The lowest BCUT2D eigenvalue weighted by Gasteiger charge is -2.32. The minimum atomic E-state index is -3.11. The third-order valence-corrected chi connectivity index (χ3v) is 5.54. The first-order valence-electron chi connectivity index (χ1n) is 7.96. The standard InChI is InChI=1S/C16H26N2O3S/c1-2-9-22(20,21)17-11-15-6-4-8-18(13-15)12-14-5-3-7-16(19)10-14/h3,5,7,10,15,17,19H,2,4,6,8-9,11-13H2,1H3/t15-/m0/s1. The largest absolute Gasteiger partial charge is 0.508 e. The second-order valence-corrected chi connectivity index (χ2v) is 8.01. The van der Waals surface area contributed by atoms with Crippen LogP contribution in [0.5, 0.6) is 5.75 Å². The zero-order valence-corrected chi connectivity index (χ0v) is 14.0. The van der Waals surface area contributed by atoms with E-state index in [9.17, 15) is 13.5 Å². The molecule has 22 heavy (non-hydrogen) atoms. The first kappa shape index (κ1) is 17.2. The van der Waals surface area contributed by atoms with Crippen LogP contribution in [0.4, 0.5) is 0 Å². The van der Waals surface area contributed by atoms with E-state index in [1.54, 1.807) is 12.1 Å². The lowest BCUT2D eigenvalue weighted by atomic mass is 9.98. The van der Waals surface area contributed by atoms with Crippen LogP contribution in [0.15, 0.2) is 24.3 Å². The lowest BCUT2D eigenvalue weighted by Crippen LogP contribution is -2.41. The molecule has 0 aromatic heterocycles. The molecule has 1 aromatic carbocycles. The van der Waals surface area contributed by atoms with Crippen molar-refractivity contribution < 1.29 is 13.5 Å². The molecule has 124 valence electrons. The van der Waals surface area contributed by atoms with Crippen LogP contribution >= 0.6 is 0 Å². The summed E-state index contributed by atoms with van der Waals surface area (Å²) < 4.78 is 26.2. The molecule has 1 fully saturated rings. The Morgan fingerprint density at radius 3 is 2.95 bits per heavy atom. The van der Waals surface area contributed by atoms with Crippen LogP contribution in [-0.4, -0.2) is 43.8 Å². The Morgan fingerprint density at radius 1 is 1.41 bits per heavy atom. The predicted molar refractivity (Wildman–Crippen MR) is 88.2 cm³/mol. The number of likely N-dealkylation sites (tertiary alicyclic amines) is 1. The molecule has 2 rings (SSSR count). The van der Waals surface area contributed by atoms with Crippen molar-refractivity contribution >= 4 is 10.0 Å². The zero-order chi connectivity index (χ0) is 16.0. The van der Waals surface area contributed by atoms with Gasteiger partial charge in [-0.1, -0.05) is 19.1 Å². The average molecular weight is 326 g/mol. The molecule has 1 saturated heterocycles. The van der Waals surface area contributed by atoms with Crippen molar-refractivity contribution in [3.8, 4) is 5.75 Å². The van der Waals surface area contributed by atoms with Crippen LogP contribution in [0.3, 0.4) is 0 Å². The zero-order valence-electron chi connectivity index (χ0n) is 13.2. The summed E-state index contributed by atoms with van der Waals surface area (Å²) in [5.41, 5.74) is 1.09. The van der Waals surface area contributed by atoms with Crippen molar-refractivity contribution in [1.82, 2.24) is 9.62 Å². The van der Waals surface area contributed by atoms with Crippen LogP contribution in [0.2, 0.25) is 0 Å². The molecule has 1 aliphatic rings. The Kier molecular flexibility index (Phi) is 6.23. The molecule has 0 spiro atoms. The second kappa shape index (κ2) is 7.94. The number of phenolic OH excluding ortho intramolecular Hbond substituents is 1. The summed E-state index contributed by atoms with van der Waals surface area (Å²) in [6.07, 6.45) is 2.79. The summed E-state index contributed by atoms with van der Waals surface area (Å²) in [5.74, 6) is 0.850. The summed E-state index contributed by atoms with van der Waals surface area (Å²) in [7, 11) is -3.11. The maximum Gasteiger partial charge on any atom is 0.211 e. The quantitative estimate of drug-likeness (QED) is 0.803. The highest BCUT2D eigenvalue weighted by atomic mass is 32.2. The molecule has 1 aromatic rings. The fraction of sp³-hybridized carbons (Fsp3) is 0.625. The van der Waals surface area contributed by atoms with Gasteiger partial charge >= 0.3 is 0 Å². The Bertz CT molecular complexity index is 575. The van der Waals surface area contributed by atoms with Crippen LogP contribution in [0.1, 0.15) is 31.7 Å². The summed E-state index contributed by atoms with van der Waals surface area (Å²) in [6, 6.07) is 7.32. The monoisotopic (exact) mass is 326 g/mol. The summed E-state index contributed by atoms with van der Waals surface area (Å²) in [4.78, 5) is 2.33. The molecule has 2 N–H and O–H groups in total. The van der Waals surface area contributed by atoms with Gasteiger partial charge in [-0.05, 0) is 49.4 Å². The lowest BCUT2D eigenvalue weighted by molar-refractivity contribution is 0.168. The number of phenols is 1. The SMILES string of the molecule is CCCS(=O)(=O)NC[C@@H]1CCCN(Cc2cccc(O)c2)C1. The maximum absolute atomic E-state index is 11.7. The van der Waals surface area contributed by atoms with Gasteiger partial charge in [0.15, 0.2) is 0 Å². The van der Waals surface area contributed by atoms with E-state index in [2.05, 4.69) is 9.62 Å². The Hall–Kier alpha value is -1.11. The highest BCUT2D eigenvalue weighted by Crippen LogP contribution is 2.20. The van der Waals surface area contributed by atoms with Crippen LogP contribution < -0.4 is 4.72 Å². The fourth-order valence-corrected chi connectivity index (χ4v) is 4.13. The van der Waals surface area contributed by atoms with E-state index in [-0.39, 0.29) is 5.75 Å². The second-order valence-electron chi connectivity index (χ2n) is 6.08. The summed E-state index contributed by atoms with van der Waals surface area (Å²) >= 11 is 0. The average Bonchev–Trinajstić information content (AvgIpc) is 2.46. The maximum atomic E-state index is 11.7. The third-order valence-electron chi connectivity index (χ3n) is 3.98. The van der Waals surface area contributed by atoms with Gasteiger partial charge in [0.05, 0.1) is 5.75 Å². The van der Waals surface area contributed by atoms with E-state index in [1.807, 2.05) is 19.1 Å². The smallest absolute Gasteiger partial charge is 0.211 e. The minimum absolute atomic E-state index is 0.201. The number of hydrogen-bond donors (Lipinski definition) is 2. The first-order valence-corrected chi connectivity index (χ1v) is 9.61. The molecule has 0 unspecified atom stereocenters. The van der Waals surface area contributed by atoms with Crippen molar-refractivity contribution in [3.05, 3.63) is 29.8 Å². The molecular formula is C16H26N2O3S. The number of nitrogens with one attached hydrogen (secondary N) is 1. The molecule has 0 radical (unpaired) electrons. The van der Waals surface area contributed by atoms with Gasteiger partial charge < -0.3 is 5.11 Å². The van der Waals surface area contributed by atoms with Gasteiger partial charge in [0, 0.05) is 19.6 Å². The molecular weight excluding hydrogens is 300 g/mol. The molecule has 6 heteroatoms. The van der Waals surface area contributed by atoms with E-state index in [0.717, 1.165) is 38.0 Å². The molecule has 1 aliphatic heterocycles. The molecule has 5 nitrogen and oxygen atoms in total. The predicted octanol–water partition coefficient (Wildman–Crippen LogP) is 1.93. The summed E-state index contributed by atoms with van der Waals surface area (Å²) in [5, 5.41) is 9.52. The number of hydrogen-bond acceptors (Lipinski definition) is 4. The van der Waals surface area contributed by atoms with Gasteiger partial charge in [0.2, 0.25) is 10.0 Å². The van der Waals surface area contributed by atoms with Gasteiger partial charge in [-0.2, -0.15) is 0 Å². The van der Waals surface area contributed by atoms with Crippen molar-refractivity contribution in [1.29, 1.82) is 0 Å². The molecule has 0 bridgehead atoms. The Morgan fingerprint density at radius 2 is 2.23 bits per heavy atom. The highest BCUT2D eigenvalue weighted by molar-refractivity contribution is 7.89. The number of nitrogens with zero attached hydrogens (tertiary/aromatic N) is 1. The minimum Gasteiger partial charge on any atom is -0.508 e. The van der Waals surface area contributed by atoms with Gasteiger partial charge in [0.1, 0.15) is 5.75 Å². The normalized spacial score (nSPS) is 20.1. The van der Waals surface area contributed by atoms with Crippen LogP contribution in [-0.2, 0) is 16.6 Å². The first-order chi connectivity index (χ1) is 10.5. The molecule has 1 atom stereocenters. The van der Waals surface area contributed by atoms with Crippen molar-refractivity contribution in [2.24, 2.45) is 5.92 Å². The number of aromatic hydroxyl groups is 1. The highest BCUT2D eigenvalue weighted by Gasteiger charge is 2.21. The molecule has 0 amide bonds. The van der Waals surface area contributed by atoms with Crippen LogP contribution in [0.25, 0.3) is 0 Å². The molecule has 0 aliphatic carbocycles. The van der Waals surface area contributed by atoms with Gasteiger partial charge in [0.25, 0.3) is 0 Å². The molecule has 0 saturated carbocycles. The van der Waals surface area contributed by atoms with Gasteiger partial charge in [-0.15, -0.1) is 0 Å². The molecule has 1 heterocycles. The van der Waals surface area contributed by atoms with Gasteiger partial charge in [-0.25, -0.2) is 13.1 Å². The Labute approximate surface area is 133 Å². The topological polar surface area (TPSA) is 69.6 Å².